The fourth-order valence-corrected chi connectivity index (χ4v) is 1.95. The predicted octanol–water partition coefficient (Wildman–Crippen LogP) is 1.42. The van der Waals surface area contributed by atoms with E-state index in [4.69, 9.17) is 18.0 Å². The lowest BCUT2D eigenvalue weighted by Crippen LogP contribution is -2.35. The molecule has 1 heterocycles. The summed E-state index contributed by atoms with van der Waals surface area (Å²) in [7, 11) is 0. The zero-order valence-electron chi connectivity index (χ0n) is 9.74. The molecule has 3 N–H and O–H groups in total. The summed E-state index contributed by atoms with van der Waals surface area (Å²) in [6.07, 6.45) is 1.98. The maximum Gasteiger partial charge on any atom is 0.267 e. The maximum atomic E-state index is 11.5. The minimum atomic E-state index is -0.198. The molecular formula is C10H15BrN4OS. The summed E-state index contributed by atoms with van der Waals surface area (Å²) in [5.74, 6) is 0.611. The molecule has 0 atom stereocenters. The number of thiocarbonyl (C=S) groups is 1. The number of rotatable bonds is 5. The highest BCUT2D eigenvalue weighted by Crippen LogP contribution is 2.21. The van der Waals surface area contributed by atoms with Gasteiger partial charge in [-0.2, -0.15) is 0 Å². The number of H-pyrrole nitrogens is 1. The van der Waals surface area contributed by atoms with Crippen LogP contribution in [0, 0.1) is 0 Å². The van der Waals surface area contributed by atoms with E-state index in [1.54, 1.807) is 0 Å². The number of aromatic amines is 1. The van der Waals surface area contributed by atoms with Crippen LogP contribution < -0.4 is 16.2 Å². The van der Waals surface area contributed by atoms with Gasteiger partial charge < -0.3 is 15.6 Å². The van der Waals surface area contributed by atoms with Crippen LogP contribution in [0.5, 0.6) is 0 Å². The molecule has 17 heavy (non-hydrogen) atoms. The van der Waals surface area contributed by atoms with Gasteiger partial charge in [-0.05, 0) is 29.8 Å². The average molecular weight is 319 g/mol. The Hall–Kier alpha value is -0.950. The van der Waals surface area contributed by atoms with Crippen LogP contribution in [0.4, 0.5) is 5.82 Å². The summed E-state index contributed by atoms with van der Waals surface area (Å²) in [4.78, 5) is 20.6. The molecule has 0 saturated carbocycles. The third-order valence-corrected chi connectivity index (χ3v) is 3.19. The van der Waals surface area contributed by atoms with E-state index in [0.29, 0.717) is 28.2 Å². The normalized spacial score (nSPS) is 10.6. The minimum absolute atomic E-state index is 0.198. The number of aromatic nitrogens is 2. The van der Waals surface area contributed by atoms with Crippen LogP contribution in [0.25, 0.3) is 0 Å². The second-order valence-electron chi connectivity index (χ2n) is 3.87. The SMILES string of the molecule is CC(C)N(CCC(N)=S)c1nc[nH]c(=O)c1Br. The monoisotopic (exact) mass is 318 g/mol. The van der Waals surface area contributed by atoms with Crippen molar-refractivity contribution in [1.29, 1.82) is 0 Å². The number of anilines is 1. The summed E-state index contributed by atoms with van der Waals surface area (Å²) in [5.41, 5.74) is 5.29. The van der Waals surface area contributed by atoms with Crippen molar-refractivity contribution in [3.63, 3.8) is 0 Å². The molecule has 1 aromatic rings. The molecule has 0 bridgehead atoms. The number of hydrogen-bond donors (Lipinski definition) is 2. The molecule has 0 aliphatic heterocycles. The van der Waals surface area contributed by atoms with Crippen LogP contribution in [0.3, 0.4) is 0 Å². The molecule has 1 rings (SSSR count). The maximum absolute atomic E-state index is 11.5. The zero-order chi connectivity index (χ0) is 13.0. The van der Waals surface area contributed by atoms with E-state index in [-0.39, 0.29) is 11.6 Å². The standard InChI is InChI=1S/C10H15BrN4OS/c1-6(2)15(4-3-7(12)17)9-8(11)10(16)14-5-13-9/h5-6H,3-4H2,1-2H3,(H2,12,17)(H,13,14,16). The number of halogens is 1. The fraction of sp³-hybridized carbons (Fsp3) is 0.500. The quantitative estimate of drug-likeness (QED) is 0.803. The van der Waals surface area contributed by atoms with Crippen molar-refractivity contribution in [3.8, 4) is 0 Å². The first-order chi connectivity index (χ1) is 7.93. The topological polar surface area (TPSA) is 75.0 Å². The van der Waals surface area contributed by atoms with E-state index in [1.165, 1.54) is 6.33 Å². The van der Waals surface area contributed by atoms with Gasteiger partial charge in [0, 0.05) is 19.0 Å². The van der Waals surface area contributed by atoms with Crippen molar-refractivity contribution in [1.82, 2.24) is 9.97 Å². The molecule has 94 valence electrons. The Morgan fingerprint density at radius 2 is 2.35 bits per heavy atom. The van der Waals surface area contributed by atoms with E-state index in [0.717, 1.165) is 0 Å². The number of hydrogen-bond acceptors (Lipinski definition) is 4. The fourth-order valence-electron chi connectivity index (χ4n) is 1.41. The molecule has 0 spiro atoms. The van der Waals surface area contributed by atoms with Gasteiger partial charge in [-0.1, -0.05) is 12.2 Å². The van der Waals surface area contributed by atoms with Crippen LogP contribution >= 0.6 is 28.1 Å². The van der Waals surface area contributed by atoms with Gasteiger partial charge in [0.1, 0.15) is 4.47 Å². The minimum Gasteiger partial charge on any atom is -0.393 e. The molecule has 0 aliphatic rings. The van der Waals surface area contributed by atoms with Crippen LogP contribution in [-0.4, -0.2) is 27.5 Å². The molecule has 0 unspecified atom stereocenters. The van der Waals surface area contributed by atoms with Crippen LogP contribution in [-0.2, 0) is 0 Å². The summed E-state index contributed by atoms with van der Waals surface area (Å²) in [5, 5.41) is 0. The van der Waals surface area contributed by atoms with Gasteiger partial charge in [0.15, 0.2) is 5.82 Å². The van der Waals surface area contributed by atoms with E-state index in [2.05, 4.69) is 25.9 Å². The van der Waals surface area contributed by atoms with Crippen molar-refractivity contribution in [3.05, 3.63) is 21.2 Å². The van der Waals surface area contributed by atoms with Gasteiger partial charge in [0.25, 0.3) is 5.56 Å². The smallest absolute Gasteiger partial charge is 0.267 e. The molecule has 0 radical (unpaired) electrons. The second kappa shape index (κ2) is 6.11. The van der Waals surface area contributed by atoms with Crippen LogP contribution in [0.2, 0.25) is 0 Å². The zero-order valence-corrected chi connectivity index (χ0v) is 12.1. The Bertz CT molecular complexity index is 460. The van der Waals surface area contributed by atoms with Crippen LogP contribution in [0.15, 0.2) is 15.6 Å². The average Bonchev–Trinajstić information content (AvgIpc) is 2.23. The van der Waals surface area contributed by atoms with Crippen molar-refractivity contribution < 1.29 is 0 Å². The number of nitrogens with two attached hydrogens (primary N) is 1. The Morgan fingerprint density at radius 1 is 1.71 bits per heavy atom. The first kappa shape index (κ1) is 14.1. The molecule has 0 fully saturated rings. The van der Waals surface area contributed by atoms with Gasteiger partial charge in [-0.3, -0.25) is 4.79 Å². The third-order valence-electron chi connectivity index (χ3n) is 2.27. The van der Waals surface area contributed by atoms with Crippen molar-refractivity contribution >= 4 is 39.0 Å². The van der Waals surface area contributed by atoms with Gasteiger partial charge >= 0.3 is 0 Å². The predicted molar refractivity (Wildman–Crippen MR) is 76.4 cm³/mol. The Labute approximate surface area is 114 Å². The lowest BCUT2D eigenvalue weighted by Gasteiger charge is -2.28. The summed E-state index contributed by atoms with van der Waals surface area (Å²) in [6, 6.07) is 0.204. The highest BCUT2D eigenvalue weighted by atomic mass is 79.9. The molecule has 0 amide bonds. The number of nitrogens with zero attached hydrogens (tertiary/aromatic N) is 2. The van der Waals surface area contributed by atoms with Crippen molar-refractivity contribution in [2.75, 3.05) is 11.4 Å². The molecule has 5 nitrogen and oxygen atoms in total. The van der Waals surface area contributed by atoms with Gasteiger partial charge in [0.05, 0.1) is 11.3 Å². The molecular weight excluding hydrogens is 304 g/mol. The summed E-state index contributed by atoms with van der Waals surface area (Å²) < 4.78 is 0.427. The molecule has 0 aromatic carbocycles. The van der Waals surface area contributed by atoms with Gasteiger partial charge in [0.2, 0.25) is 0 Å². The van der Waals surface area contributed by atoms with E-state index in [1.807, 2.05) is 18.7 Å². The molecule has 1 aromatic heterocycles. The van der Waals surface area contributed by atoms with Gasteiger partial charge in [-0.15, -0.1) is 0 Å². The summed E-state index contributed by atoms with van der Waals surface area (Å²) in [6.45, 7) is 4.69. The Kier molecular flexibility index (Phi) is 5.07. The first-order valence-electron chi connectivity index (χ1n) is 5.21. The first-order valence-corrected chi connectivity index (χ1v) is 6.41. The van der Waals surface area contributed by atoms with Crippen LogP contribution in [0.1, 0.15) is 20.3 Å². The van der Waals surface area contributed by atoms with E-state index < -0.39 is 0 Å². The Balaban J connectivity index is 3.01. The van der Waals surface area contributed by atoms with E-state index >= 15 is 0 Å². The van der Waals surface area contributed by atoms with Gasteiger partial charge in [-0.25, -0.2) is 4.98 Å². The lowest BCUT2D eigenvalue weighted by molar-refractivity contribution is 0.677. The lowest BCUT2D eigenvalue weighted by atomic mass is 10.3. The largest absolute Gasteiger partial charge is 0.393 e. The summed E-state index contributed by atoms with van der Waals surface area (Å²) >= 11 is 8.10. The highest BCUT2D eigenvalue weighted by Gasteiger charge is 2.16. The molecule has 7 heteroatoms. The Morgan fingerprint density at radius 3 is 2.88 bits per heavy atom. The van der Waals surface area contributed by atoms with Crippen molar-refractivity contribution in [2.45, 2.75) is 26.3 Å². The van der Waals surface area contributed by atoms with Crippen molar-refractivity contribution in [2.24, 2.45) is 5.73 Å². The third kappa shape index (κ3) is 3.78. The molecule has 0 aliphatic carbocycles. The second-order valence-corrected chi connectivity index (χ2v) is 5.19. The highest BCUT2D eigenvalue weighted by molar-refractivity contribution is 9.10. The molecule has 0 saturated heterocycles. The van der Waals surface area contributed by atoms with E-state index in [9.17, 15) is 4.79 Å². The number of nitrogens with one attached hydrogen (secondary N) is 1.